The monoisotopic (exact) mass is 220 g/mol. The van der Waals surface area contributed by atoms with E-state index >= 15 is 0 Å². The van der Waals surface area contributed by atoms with Gasteiger partial charge in [0, 0.05) is 26.1 Å². The molecule has 1 aromatic rings. The van der Waals surface area contributed by atoms with E-state index in [1.165, 1.54) is 5.56 Å². The smallest absolute Gasteiger partial charge is 0.226 e. The number of hydrogen-bond donors (Lipinski definition) is 1. The number of rotatable bonds is 5. The molecule has 1 aromatic carbocycles. The zero-order valence-corrected chi connectivity index (χ0v) is 10.0. The predicted molar refractivity (Wildman–Crippen MR) is 66.0 cm³/mol. The Balaban J connectivity index is 2.41. The van der Waals surface area contributed by atoms with Gasteiger partial charge in [-0.05, 0) is 12.0 Å². The van der Waals surface area contributed by atoms with Crippen molar-refractivity contribution in [1.29, 1.82) is 0 Å². The van der Waals surface area contributed by atoms with Gasteiger partial charge in [-0.1, -0.05) is 37.3 Å². The van der Waals surface area contributed by atoms with Crippen LogP contribution in [-0.4, -0.2) is 30.9 Å². The molecule has 0 aliphatic rings. The van der Waals surface area contributed by atoms with E-state index in [1.807, 2.05) is 32.2 Å². The molecule has 1 amide bonds. The second kappa shape index (κ2) is 6.28. The van der Waals surface area contributed by atoms with Gasteiger partial charge >= 0.3 is 0 Å². The van der Waals surface area contributed by atoms with Gasteiger partial charge in [-0.2, -0.15) is 0 Å². The summed E-state index contributed by atoms with van der Waals surface area (Å²) in [5.74, 6) is 0.0409. The first-order chi connectivity index (χ1) is 7.65. The SMILES string of the molecule is CC(CN)C(=O)N(C)CCc1ccccc1. The van der Waals surface area contributed by atoms with E-state index < -0.39 is 0 Å². The molecule has 0 spiro atoms. The molecular formula is C13H20N2O. The number of carbonyl (C=O) groups is 1. The first-order valence-electron chi connectivity index (χ1n) is 5.64. The van der Waals surface area contributed by atoms with Crippen molar-refractivity contribution in [1.82, 2.24) is 4.90 Å². The van der Waals surface area contributed by atoms with Crippen LogP contribution in [0.4, 0.5) is 0 Å². The molecule has 0 radical (unpaired) electrons. The molecule has 0 bridgehead atoms. The number of carbonyl (C=O) groups excluding carboxylic acids is 1. The maximum atomic E-state index is 11.7. The fourth-order valence-corrected chi connectivity index (χ4v) is 1.53. The van der Waals surface area contributed by atoms with Crippen LogP contribution in [0.1, 0.15) is 12.5 Å². The molecule has 0 aromatic heterocycles. The topological polar surface area (TPSA) is 46.3 Å². The molecule has 0 saturated heterocycles. The number of benzene rings is 1. The fourth-order valence-electron chi connectivity index (χ4n) is 1.53. The van der Waals surface area contributed by atoms with Gasteiger partial charge in [0.2, 0.25) is 5.91 Å². The maximum absolute atomic E-state index is 11.7. The van der Waals surface area contributed by atoms with Crippen LogP contribution < -0.4 is 5.73 Å². The molecular weight excluding hydrogens is 200 g/mol. The highest BCUT2D eigenvalue weighted by molar-refractivity contribution is 5.78. The lowest BCUT2D eigenvalue weighted by atomic mass is 10.1. The molecule has 1 rings (SSSR count). The molecule has 88 valence electrons. The van der Waals surface area contributed by atoms with Crippen molar-refractivity contribution in [2.75, 3.05) is 20.1 Å². The van der Waals surface area contributed by atoms with Gasteiger partial charge in [0.15, 0.2) is 0 Å². The Bertz CT molecular complexity index is 324. The first kappa shape index (κ1) is 12.7. The highest BCUT2D eigenvalue weighted by Crippen LogP contribution is 2.03. The van der Waals surface area contributed by atoms with Crippen molar-refractivity contribution in [3.05, 3.63) is 35.9 Å². The summed E-state index contributed by atoms with van der Waals surface area (Å²) >= 11 is 0. The van der Waals surface area contributed by atoms with Gasteiger partial charge in [-0.3, -0.25) is 4.79 Å². The van der Waals surface area contributed by atoms with Crippen molar-refractivity contribution < 1.29 is 4.79 Å². The molecule has 3 heteroatoms. The third kappa shape index (κ3) is 3.66. The lowest BCUT2D eigenvalue weighted by Crippen LogP contribution is -2.36. The van der Waals surface area contributed by atoms with E-state index in [2.05, 4.69) is 12.1 Å². The Morgan fingerprint density at radius 3 is 2.56 bits per heavy atom. The highest BCUT2D eigenvalue weighted by Gasteiger charge is 2.15. The average molecular weight is 220 g/mol. The third-order valence-electron chi connectivity index (χ3n) is 2.73. The van der Waals surface area contributed by atoms with Crippen LogP contribution in [0.2, 0.25) is 0 Å². The zero-order chi connectivity index (χ0) is 12.0. The van der Waals surface area contributed by atoms with E-state index in [-0.39, 0.29) is 11.8 Å². The van der Waals surface area contributed by atoms with Crippen LogP contribution in [0.3, 0.4) is 0 Å². The molecule has 0 aliphatic carbocycles. The molecule has 0 aliphatic heterocycles. The van der Waals surface area contributed by atoms with Gasteiger partial charge in [0.05, 0.1) is 0 Å². The van der Waals surface area contributed by atoms with E-state index in [0.29, 0.717) is 6.54 Å². The fraction of sp³-hybridized carbons (Fsp3) is 0.462. The van der Waals surface area contributed by atoms with E-state index in [0.717, 1.165) is 13.0 Å². The van der Waals surface area contributed by atoms with Gasteiger partial charge in [0.1, 0.15) is 0 Å². The Hall–Kier alpha value is -1.35. The number of nitrogens with two attached hydrogens (primary N) is 1. The predicted octanol–water partition coefficient (Wildman–Crippen LogP) is 1.28. The molecule has 0 fully saturated rings. The summed E-state index contributed by atoms with van der Waals surface area (Å²) in [6, 6.07) is 10.2. The molecule has 3 nitrogen and oxygen atoms in total. The van der Waals surface area contributed by atoms with Gasteiger partial charge in [-0.25, -0.2) is 0 Å². The van der Waals surface area contributed by atoms with Crippen LogP contribution in [-0.2, 0) is 11.2 Å². The number of nitrogens with zero attached hydrogens (tertiary/aromatic N) is 1. The molecule has 1 atom stereocenters. The summed E-state index contributed by atoms with van der Waals surface area (Å²) in [7, 11) is 1.83. The van der Waals surface area contributed by atoms with Gasteiger partial charge in [-0.15, -0.1) is 0 Å². The minimum absolute atomic E-state index is 0.0826. The molecule has 0 saturated carbocycles. The lowest BCUT2D eigenvalue weighted by Gasteiger charge is -2.20. The highest BCUT2D eigenvalue weighted by atomic mass is 16.2. The van der Waals surface area contributed by atoms with Crippen LogP contribution in [0.5, 0.6) is 0 Å². The molecule has 16 heavy (non-hydrogen) atoms. The second-order valence-corrected chi connectivity index (χ2v) is 4.13. The van der Waals surface area contributed by atoms with Crippen molar-refractivity contribution in [2.24, 2.45) is 11.7 Å². The van der Waals surface area contributed by atoms with Crippen LogP contribution in [0.25, 0.3) is 0 Å². The van der Waals surface area contributed by atoms with Crippen molar-refractivity contribution >= 4 is 5.91 Å². The summed E-state index contributed by atoms with van der Waals surface area (Å²) in [4.78, 5) is 13.5. The number of hydrogen-bond acceptors (Lipinski definition) is 2. The Kier molecular flexibility index (Phi) is 4.99. The number of amides is 1. The summed E-state index contributed by atoms with van der Waals surface area (Å²) in [6.45, 7) is 3.02. The van der Waals surface area contributed by atoms with Crippen LogP contribution >= 0.6 is 0 Å². The third-order valence-corrected chi connectivity index (χ3v) is 2.73. The van der Waals surface area contributed by atoms with Gasteiger partial charge in [0.25, 0.3) is 0 Å². The van der Waals surface area contributed by atoms with E-state index in [4.69, 9.17) is 5.73 Å². The quantitative estimate of drug-likeness (QED) is 0.812. The molecule has 1 unspecified atom stereocenters. The van der Waals surface area contributed by atoms with Gasteiger partial charge < -0.3 is 10.6 Å². The van der Waals surface area contributed by atoms with Crippen LogP contribution in [0, 0.1) is 5.92 Å². The van der Waals surface area contributed by atoms with Crippen LogP contribution in [0.15, 0.2) is 30.3 Å². The second-order valence-electron chi connectivity index (χ2n) is 4.13. The number of likely N-dealkylation sites (N-methyl/N-ethyl adjacent to an activating group) is 1. The molecule has 0 heterocycles. The standard InChI is InChI=1S/C13H20N2O/c1-11(10-14)13(16)15(2)9-8-12-6-4-3-5-7-12/h3-7,11H,8-10,14H2,1-2H3. The minimum Gasteiger partial charge on any atom is -0.345 e. The summed E-state index contributed by atoms with van der Waals surface area (Å²) in [6.07, 6.45) is 0.889. The Morgan fingerprint density at radius 1 is 1.38 bits per heavy atom. The Morgan fingerprint density at radius 2 is 2.00 bits per heavy atom. The largest absolute Gasteiger partial charge is 0.345 e. The summed E-state index contributed by atoms with van der Waals surface area (Å²) in [5, 5.41) is 0. The first-order valence-corrected chi connectivity index (χ1v) is 5.64. The van der Waals surface area contributed by atoms with E-state index in [1.54, 1.807) is 4.90 Å². The van der Waals surface area contributed by atoms with Crippen molar-refractivity contribution in [2.45, 2.75) is 13.3 Å². The normalized spacial score (nSPS) is 12.2. The average Bonchev–Trinajstić information content (AvgIpc) is 2.35. The van der Waals surface area contributed by atoms with Crippen molar-refractivity contribution in [3.63, 3.8) is 0 Å². The lowest BCUT2D eigenvalue weighted by molar-refractivity contribution is -0.133. The van der Waals surface area contributed by atoms with Crippen molar-refractivity contribution in [3.8, 4) is 0 Å². The minimum atomic E-state index is -0.0826. The maximum Gasteiger partial charge on any atom is 0.226 e. The van der Waals surface area contributed by atoms with E-state index in [9.17, 15) is 4.79 Å². The zero-order valence-electron chi connectivity index (χ0n) is 10.0. The summed E-state index contributed by atoms with van der Waals surface area (Å²) in [5.41, 5.74) is 6.72. The Labute approximate surface area is 97.2 Å². The molecule has 2 N–H and O–H groups in total. The summed E-state index contributed by atoms with van der Waals surface area (Å²) < 4.78 is 0.